The molecule has 1 aliphatic carbocycles. The fourth-order valence-corrected chi connectivity index (χ4v) is 4.37. The number of aliphatic imine (C=N–C) groups is 1. The van der Waals surface area contributed by atoms with Gasteiger partial charge in [-0.3, -0.25) is 14.6 Å². The average Bonchev–Trinajstić information content (AvgIpc) is 2.53. The number of nitrogens with zero attached hydrogens (tertiary/aromatic N) is 1. The molecule has 0 spiro atoms. The summed E-state index contributed by atoms with van der Waals surface area (Å²) >= 11 is 2.25. The van der Waals surface area contributed by atoms with Gasteiger partial charge in [0.05, 0.1) is 6.61 Å². The zero-order valence-electron chi connectivity index (χ0n) is 15.6. The van der Waals surface area contributed by atoms with Crippen molar-refractivity contribution in [1.29, 1.82) is 0 Å². The van der Waals surface area contributed by atoms with Crippen LogP contribution in [-0.2, 0) is 14.3 Å². The molecule has 0 N–H and O–H groups in total. The molecule has 0 fully saturated rings. The van der Waals surface area contributed by atoms with Crippen molar-refractivity contribution in [3.63, 3.8) is 0 Å². The molecule has 26 heavy (non-hydrogen) atoms. The van der Waals surface area contributed by atoms with E-state index in [4.69, 9.17) is 9.73 Å². The lowest BCUT2D eigenvalue weighted by Gasteiger charge is -2.39. The second-order valence-corrected chi connectivity index (χ2v) is 9.06. The fraction of sp³-hybridized carbons (Fsp3) is 0.476. The van der Waals surface area contributed by atoms with Gasteiger partial charge >= 0.3 is 5.97 Å². The molecule has 5 heteroatoms. The number of carbonyl (C=O) groups is 2. The van der Waals surface area contributed by atoms with Gasteiger partial charge in [0.1, 0.15) is 5.92 Å². The van der Waals surface area contributed by atoms with Gasteiger partial charge in [-0.1, -0.05) is 26.0 Å². The summed E-state index contributed by atoms with van der Waals surface area (Å²) in [5, 5.41) is 0. The van der Waals surface area contributed by atoms with Crippen LogP contribution in [0.25, 0.3) is 0 Å². The molecule has 0 saturated carbocycles. The first-order valence-corrected chi connectivity index (χ1v) is 10.0. The first-order chi connectivity index (χ1) is 12.2. The van der Waals surface area contributed by atoms with Gasteiger partial charge in [0, 0.05) is 32.9 Å². The van der Waals surface area contributed by atoms with Crippen LogP contribution in [0.4, 0.5) is 0 Å². The molecule has 1 aliphatic heterocycles. The van der Waals surface area contributed by atoms with E-state index in [1.165, 1.54) is 0 Å². The van der Waals surface area contributed by atoms with Crippen molar-refractivity contribution in [3.05, 3.63) is 44.7 Å². The van der Waals surface area contributed by atoms with Crippen molar-refractivity contribution in [3.8, 4) is 0 Å². The minimum absolute atomic E-state index is 0.102. The van der Waals surface area contributed by atoms with Crippen LogP contribution in [0.1, 0.15) is 52.0 Å². The third kappa shape index (κ3) is 3.63. The quantitative estimate of drug-likeness (QED) is 0.482. The molecule has 0 bridgehead atoms. The topological polar surface area (TPSA) is 55.7 Å². The summed E-state index contributed by atoms with van der Waals surface area (Å²) < 4.78 is 6.44. The number of hydrogen-bond acceptors (Lipinski definition) is 4. The van der Waals surface area contributed by atoms with Crippen molar-refractivity contribution < 1.29 is 14.3 Å². The number of esters is 1. The van der Waals surface area contributed by atoms with Gasteiger partial charge < -0.3 is 4.74 Å². The molecule has 3 rings (SSSR count). The second kappa shape index (κ2) is 7.25. The fourth-order valence-electron chi connectivity index (χ4n) is 4.01. The maximum absolute atomic E-state index is 13.0. The average molecular weight is 465 g/mol. The largest absolute Gasteiger partial charge is 0.465 e. The van der Waals surface area contributed by atoms with Gasteiger partial charge in [-0.25, -0.2) is 0 Å². The Morgan fingerprint density at radius 3 is 2.54 bits per heavy atom. The zero-order chi connectivity index (χ0) is 19.1. The molecule has 4 nitrogen and oxygen atoms in total. The molecule has 1 aromatic rings. The Morgan fingerprint density at radius 2 is 1.92 bits per heavy atom. The number of halogens is 1. The third-order valence-corrected chi connectivity index (χ3v) is 5.79. The molecule has 0 amide bonds. The van der Waals surface area contributed by atoms with Crippen LogP contribution in [-0.4, -0.2) is 24.1 Å². The highest BCUT2D eigenvalue weighted by Crippen LogP contribution is 2.47. The van der Waals surface area contributed by atoms with E-state index in [1.807, 2.05) is 31.2 Å². The number of benzene rings is 1. The summed E-state index contributed by atoms with van der Waals surface area (Å²) in [5.74, 6) is -1.06. The van der Waals surface area contributed by atoms with Crippen molar-refractivity contribution in [2.24, 2.45) is 16.3 Å². The van der Waals surface area contributed by atoms with Crippen LogP contribution < -0.4 is 0 Å². The van der Waals surface area contributed by atoms with Crippen LogP contribution in [0.5, 0.6) is 0 Å². The monoisotopic (exact) mass is 465 g/mol. The Balaban J connectivity index is 2.16. The molecular weight excluding hydrogens is 441 g/mol. The van der Waals surface area contributed by atoms with Crippen molar-refractivity contribution in [2.45, 2.75) is 46.5 Å². The first kappa shape index (κ1) is 19.3. The Labute approximate surface area is 168 Å². The minimum atomic E-state index is -0.543. The van der Waals surface area contributed by atoms with E-state index in [1.54, 1.807) is 6.92 Å². The molecular formula is C21H24INO3. The lowest BCUT2D eigenvalue weighted by Crippen LogP contribution is -2.39. The van der Waals surface area contributed by atoms with E-state index >= 15 is 0 Å². The summed E-state index contributed by atoms with van der Waals surface area (Å²) in [6.45, 7) is 8.17. The van der Waals surface area contributed by atoms with Crippen LogP contribution in [0.2, 0.25) is 0 Å². The number of Topliss-reactive ketones (excluding diaryl/α,β-unsaturated/α-hetero) is 1. The van der Waals surface area contributed by atoms with Crippen molar-refractivity contribution >= 4 is 40.1 Å². The molecule has 2 aliphatic rings. The maximum Gasteiger partial charge on any atom is 0.315 e. The molecule has 1 unspecified atom stereocenters. The van der Waals surface area contributed by atoms with Gasteiger partial charge in [-0.15, -0.1) is 0 Å². The summed E-state index contributed by atoms with van der Waals surface area (Å²) in [6.07, 6.45) is 1.23. The minimum Gasteiger partial charge on any atom is -0.465 e. The normalized spacial score (nSPS) is 24.8. The number of hydrogen-bond donors (Lipinski definition) is 0. The molecule has 0 saturated heterocycles. The standard InChI is InChI=1S/C21H24INO3/c1-5-26-20(25)17-12(2)23-15-10-21(3,4)11-16(24)19(15)18(17)13-6-8-14(22)9-7-13/h6-9,17-18H,5,10-11H2,1-4H3/t17?,18-/m0/s1. The first-order valence-electron chi connectivity index (χ1n) is 8.97. The predicted molar refractivity (Wildman–Crippen MR) is 110 cm³/mol. The van der Waals surface area contributed by atoms with E-state index in [-0.39, 0.29) is 23.1 Å². The van der Waals surface area contributed by atoms with Gasteiger partial charge in [0.2, 0.25) is 0 Å². The third-order valence-electron chi connectivity index (χ3n) is 5.07. The smallest absolute Gasteiger partial charge is 0.315 e. The van der Waals surface area contributed by atoms with Crippen molar-refractivity contribution in [2.75, 3.05) is 6.61 Å². The number of rotatable bonds is 3. The molecule has 1 heterocycles. The lowest BCUT2D eigenvalue weighted by atomic mass is 9.67. The Kier molecular flexibility index (Phi) is 5.37. The maximum atomic E-state index is 13.0. The highest BCUT2D eigenvalue weighted by molar-refractivity contribution is 14.1. The van der Waals surface area contributed by atoms with Gasteiger partial charge in [0.15, 0.2) is 5.78 Å². The summed E-state index contributed by atoms with van der Waals surface area (Å²) in [6, 6.07) is 8.04. The number of ether oxygens (including phenoxy) is 1. The lowest BCUT2D eigenvalue weighted by molar-refractivity contribution is -0.146. The van der Waals surface area contributed by atoms with E-state index in [2.05, 4.69) is 36.4 Å². The molecule has 138 valence electrons. The highest BCUT2D eigenvalue weighted by Gasteiger charge is 2.45. The molecule has 0 aromatic heterocycles. The number of ketones is 1. The summed E-state index contributed by atoms with van der Waals surface area (Å²) in [7, 11) is 0. The number of carbonyl (C=O) groups excluding carboxylic acids is 2. The predicted octanol–water partition coefficient (Wildman–Crippen LogP) is 4.67. The summed E-state index contributed by atoms with van der Waals surface area (Å²) in [5.41, 5.74) is 3.14. The highest BCUT2D eigenvalue weighted by atomic mass is 127. The summed E-state index contributed by atoms with van der Waals surface area (Å²) in [4.78, 5) is 30.5. The van der Waals surface area contributed by atoms with Gasteiger partial charge in [-0.05, 0) is 66.0 Å². The second-order valence-electron chi connectivity index (χ2n) is 7.81. The van der Waals surface area contributed by atoms with Crippen LogP contribution in [0, 0.1) is 14.9 Å². The Hall–Kier alpha value is -1.50. The van der Waals surface area contributed by atoms with Gasteiger partial charge in [-0.2, -0.15) is 0 Å². The van der Waals surface area contributed by atoms with E-state index in [9.17, 15) is 9.59 Å². The molecule has 0 radical (unpaired) electrons. The SMILES string of the molecule is CCOC(=O)C1C(C)=NC2=C(C(=O)CC(C)(C)C2)[C@H]1c1ccc(I)cc1. The molecule has 2 atom stereocenters. The number of allylic oxidation sites excluding steroid dienone is 2. The Bertz CT molecular complexity index is 805. The van der Waals surface area contributed by atoms with Crippen molar-refractivity contribution in [1.82, 2.24) is 0 Å². The van der Waals surface area contributed by atoms with Gasteiger partial charge in [0.25, 0.3) is 0 Å². The van der Waals surface area contributed by atoms with E-state index < -0.39 is 5.92 Å². The van der Waals surface area contributed by atoms with Crippen LogP contribution in [0.15, 0.2) is 40.5 Å². The zero-order valence-corrected chi connectivity index (χ0v) is 17.8. The Morgan fingerprint density at radius 1 is 1.27 bits per heavy atom. The van der Waals surface area contributed by atoms with E-state index in [0.717, 1.165) is 27.0 Å². The van der Waals surface area contributed by atoms with Crippen LogP contribution in [0.3, 0.4) is 0 Å². The van der Waals surface area contributed by atoms with Crippen LogP contribution >= 0.6 is 22.6 Å². The van der Waals surface area contributed by atoms with E-state index in [0.29, 0.717) is 18.6 Å². The molecule has 1 aromatic carbocycles.